The minimum atomic E-state index is -0.201. The van der Waals surface area contributed by atoms with Crippen LogP contribution in [0.3, 0.4) is 0 Å². The van der Waals surface area contributed by atoms with Crippen molar-refractivity contribution in [3.63, 3.8) is 0 Å². The molecule has 1 heterocycles. The van der Waals surface area contributed by atoms with Gasteiger partial charge in [-0.1, -0.05) is 48.0 Å². The van der Waals surface area contributed by atoms with Gasteiger partial charge in [0.2, 0.25) is 0 Å². The summed E-state index contributed by atoms with van der Waals surface area (Å²) in [5, 5.41) is 6.55. The molecular weight excluding hydrogens is 422 g/mol. The molecule has 5 nitrogen and oxygen atoms in total. The van der Waals surface area contributed by atoms with Crippen molar-refractivity contribution in [1.29, 1.82) is 0 Å². The number of hydrogen-bond donors (Lipinski definition) is 2. The SMILES string of the molecule is CNc1cc(-c2ccccc2)ccc1C(=O)Nc1ccc(OCCN2CCCC2)c(Cl)c1. The minimum absolute atomic E-state index is 0.201. The third-order valence-electron chi connectivity index (χ3n) is 5.69. The number of nitrogens with one attached hydrogen (secondary N) is 2. The highest BCUT2D eigenvalue weighted by Gasteiger charge is 2.14. The maximum absolute atomic E-state index is 12.9. The lowest BCUT2D eigenvalue weighted by Crippen LogP contribution is -2.25. The van der Waals surface area contributed by atoms with Crippen molar-refractivity contribution >= 4 is 28.9 Å². The van der Waals surface area contributed by atoms with Crippen molar-refractivity contribution in [1.82, 2.24) is 4.90 Å². The first-order chi connectivity index (χ1) is 15.6. The van der Waals surface area contributed by atoms with Gasteiger partial charge in [-0.15, -0.1) is 0 Å². The normalized spacial score (nSPS) is 13.7. The average Bonchev–Trinajstić information content (AvgIpc) is 3.34. The first-order valence-corrected chi connectivity index (χ1v) is 11.3. The monoisotopic (exact) mass is 449 g/mol. The average molecular weight is 450 g/mol. The predicted molar refractivity (Wildman–Crippen MR) is 132 cm³/mol. The molecular formula is C26H28ClN3O2. The predicted octanol–water partition coefficient (Wildman–Crippen LogP) is 5.78. The fraction of sp³-hybridized carbons (Fsp3) is 0.269. The third kappa shape index (κ3) is 5.42. The summed E-state index contributed by atoms with van der Waals surface area (Å²) in [5.74, 6) is 0.430. The zero-order valence-electron chi connectivity index (χ0n) is 18.2. The molecule has 0 saturated carbocycles. The van der Waals surface area contributed by atoms with E-state index in [1.807, 2.05) is 61.6 Å². The topological polar surface area (TPSA) is 53.6 Å². The molecule has 0 radical (unpaired) electrons. The summed E-state index contributed by atoms with van der Waals surface area (Å²) in [5.41, 5.74) is 4.10. The van der Waals surface area contributed by atoms with Crippen molar-refractivity contribution in [3.8, 4) is 16.9 Å². The second-order valence-electron chi connectivity index (χ2n) is 7.87. The van der Waals surface area contributed by atoms with Gasteiger partial charge < -0.3 is 15.4 Å². The molecule has 0 aliphatic carbocycles. The van der Waals surface area contributed by atoms with E-state index in [1.54, 1.807) is 12.1 Å². The van der Waals surface area contributed by atoms with Crippen molar-refractivity contribution in [2.75, 3.05) is 43.9 Å². The number of halogens is 1. The Labute approximate surface area is 194 Å². The van der Waals surface area contributed by atoms with E-state index in [0.717, 1.165) is 36.4 Å². The second kappa shape index (κ2) is 10.5. The van der Waals surface area contributed by atoms with Crippen LogP contribution in [-0.2, 0) is 0 Å². The zero-order chi connectivity index (χ0) is 22.3. The lowest BCUT2D eigenvalue weighted by atomic mass is 10.0. The van der Waals surface area contributed by atoms with Gasteiger partial charge in [-0.3, -0.25) is 9.69 Å². The first kappa shape index (κ1) is 22.2. The Kier molecular flexibility index (Phi) is 7.30. The van der Waals surface area contributed by atoms with Crippen LogP contribution in [-0.4, -0.2) is 44.1 Å². The lowest BCUT2D eigenvalue weighted by Gasteiger charge is -2.16. The summed E-state index contributed by atoms with van der Waals surface area (Å²) in [4.78, 5) is 15.3. The summed E-state index contributed by atoms with van der Waals surface area (Å²) >= 11 is 6.40. The summed E-state index contributed by atoms with van der Waals surface area (Å²) in [6.07, 6.45) is 2.53. The number of benzene rings is 3. The quantitative estimate of drug-likeness (QED) is 0.458. The van der Waals surface area contributed by atoms with E-state index in [1.165, 1.54) is 12.8 Å². The highest BCUT2D eigenvalue weighted by Crippen LogP contribution is 2.29. The number of hydrogen-bond acceptors (Lipinski definition) is 4. The molecule has 6 heteroatoms. The molecule has 1 fully saturated rings. The molecule has 0 bridgehead atoms. The molecule has 1 aliphatic rings. The van der Waals surface area contributed by atoms with E-state index >= 15 is 0 Å². The molecule has 3 aromatic rings. The van der Waals surface area contributed by atoms with Crippen molar-refractivity contribution in [2.45, 2.75) is 12.8 Å². The molecule has 166 valence electrons. The molecule has 4 rings (SSSR count). The number of amides is 1. The molecule has 0 atom stereocenters. The van der Waals surface area contributed by atoms with Gasteiger partial charge in [-0.2, -0.15) is 0 Å². The molecule has 1 aliphatic heterocycles. The van der Waals surface area contributed by atoms with Crippen LogP contribution in [0.25, 0.3) is 11.1 Å². The van der Waals surface area contributed by atoms with Crippen molar-refractivity contribution in [3.05, 3.63) is 77.3 Å². The maximum atomic E-state index is 12.9. The number of carbonyl (C=O) groups is 1. The van der Waals surface area contributed by atoms with Gasteiger partial charge in [0.15, 0.2) is 0 Å². The summed E-state index contributed by atoms with van der Waals surface area (Å²) in [7, 11) is 1.81. The number of likely N-dealkylation sites (tertiary alicyclic amines) is 1. The summed E-state index contributed by atoms with van der Waals surface area (Å²) in [6, 6.07) is 21.2. The number of carbonyl (C=O) groups excluding carboxylic acids is 1. The standard InChI is InChI=1S/C26H28ClN3O2/c1-28-24-17-20(19-7-3-2-4-8-19)9-11-22(24)26(31)29-21-10-12-25(23(27)18-21)32-16-15-30-13-5-6-14-30/h2-4,7-12,17-18,28H,5-6,13-16H2,1H3,(H,29,31). The van der Waals surface area contributed by atoms with Crippen LogP contribution in [0.2, 0.25) is 5.02 Å². The molecule has 0 unspecified atom stereocenters. The van der Waals surface area contributed by atoms with Crippen molar-refractivity contribution in [2.24, 2.45) is 0 Å². The van der Waals surface area contributed by atoms with Crippen molar-refractivity contribution < 1.29 is 9.53 Å². The summed E-state index contributed by atoms with van der Waals surface area (Å²) < 4.78 is 5.84. The largest absolute Gasteiger partial charge is 0.491 e. The second-order valence-corrected chi connectivity index (χ2v) is 8.28. The van der Waals surface area contributed by atoms with Gasteiger partial charge >= 0.3 is 0 Å². The molecule has 1 amide bonds. The molecule has 2 N–H and O–H groups in total. The highest BCUT2D eigenvalue weighted by atomic mass is 35.5. The van der Waals surface area contributed by atoms with E-state index in [4.69, 9.17) is 16.3 Å². The smallest absolute Gasteiger partial charge is 0.257 e. The molecule has 32 heavy (non-hydrogen) atoms. The molecule has 0 aromatic heterocycles. The highest BCUT2D eigenvalue weighted by molar-refractivity contribution is 6.32. The van der Waals surface area contributed by atoms with Gasteiger partial charge in [0.05, 0.1) is 10.6 Å². The maximum Gasteiger partial charge on any atom is 0.257 e. The van der Waals surface area contributed by atoms with Crippen LogP contribution in [0, 0.1) is 0 Å². The Bertz CT molecular complexity index is 1070. The van der Waals surface area contributed by atoms with E-state index in [0.29, 0.717) is 28.6 Å². The van der Waals surface area contributed by atoms with E-state index in [-0.39, 0.29) is 5.91 Å². The zero-order valence-corrected chi connectivity index (χ0v) is 19.0. The summed E-state index contributed by atoms with van der Waals surface area (Å²) in [6.45, 7) is 3.79. The van der Waals surface area contributed by atoms with Crippen LogP contribution in [0.4, 0.5) is 11.4 Å². The van der Waals surface area contributed by atoms with Gasteiger partial charge in [-0.05, 0) is 67.4 Å². The van der Waals surface area contributed by atoms with Gasteiger partial charge in [0.25, 0.3) is 5.91 Å². The molecule has 1 saturated heterocycles. The van der Waals surface area contributed by atoms with E-state index in [9.17, 15) is 4.79 Å². The van der Waals surface area contributed by atoms with Crippen LogP contribution >= 0.6 is 11.6 Å². The Morgan fingerprint density at radius 1 is 1.00 bits per heavy atom. The number of anilines is 2. The van der Waals surface area contributed by atoms with Crippen LogP contribution < -0.4 is 15.4 Å². The van der Waals surface area contributed by atoms with E-state index < -0.39 is 0 Å². The van der Waals surface area contributed by atoms with Gasteiger partial charge in [-0.25, -0.2) is 0 Å². The van der Waals surface area contributed by atoms with E-state index in [2.05, 4.69) is 15.5 Å². The van der Waals surface area contributed by atoms with Gasteiger partial charge in [0, 0.05) is 25.0 Å². The Morgan fingerprint density at radius 3 is 2.50 bits per heavy atom. The number of ether oxygens (including phenoxy) is 1. The lowest BCUT2D eigenvalue weighted by molar-refractivity contribution is 0.102. The minimum Gasteiger partial charge on any atom is -0.491 e. The number of nitrogens with zero attached hydrogens (tertiary/aromatic N) is 1. The fourth-order valence-corrected chi connectivity index (χ4v) is 4.18. The molecule has 0 spiro atoms. The van der Waals surface area contributed by atoms with Gasteiger partial charge in [0.1, 0.15) is 12.4 Å². The Hall–Kier alpha value is -3.02. The Morgan fingerprint density at radius 2 is 1.78 bits per heavy atom. The van der Waals surface area contributed by atoms with Crippen LogP contribution in [0.1, 0.15) is 23.2 Å². The molecule has 3 aromatic carbocycles. The number of rotatable bonds is 8. The fourth-order valence-electron chi connectivity index (χ4n) is 3.94. The first-order valence-electron chi connectivity index (χ1n) is 11.0. The van der Waals surface area contributed by atoms with Crippen LogP contribution in [0.5, 0.6) is 5.75 Å². The van der Waals surface area contributed by atoms with Crippen LogP contribution in [0.15, 0.2) is 66.7 Å². The third-order valence-corrected chi connectivity index (χ3v) is 5.99. The Balaban J connectivity index is 1.41.